The number of benzene rings is 1. The van der Waals surface area contributed by atoms with Gasteiger partial charge in [0, 0.05) is 23.9 Å². The van der Waals surface area contributed by atoms with E-state index < -0.39 is 5.97 Å². The fourth-order valence-corrected chi connectivity index (χ4v) is 2.26. The highest BCUT2D eigenvalue weighted by atomic mass is 35.5. The fourth-order valence-electron chi connectivity index (χ4n) is 2.09. The number of halogens is 1. The van der Waals surface area contributed by atoms with E-state index in [0.29, 0.717) is 23.6 Å². The molecular weight excluding hydrogens is 306 g/mol. The van der Waals surface area contributed by atoms with E-state index in [4.69, 9.17) is 16.7 Å². The summed E-state index contributed by atoms with van der Waals surface area (Å²) in [7, 11) is 0. The van der Waals surface area contributed by atoms with Gasteiger partial charge in [-0.3, -0.25) is 9.59 Å². The lowest BCUT2D eigenvalue weighted by molar-refractivity contribution is -0.137. The molecule has 0 saturated heterocycles. The quantitative estimate of drug-likeness (QED) is 0.444. The second-order valence-corrected chi connectivity index (χ2v) is 5.66. The lowest BCUT2D eigenvalue weighted by Gasteiger charge is -2.07. The normalized spacial score (nSPS) is 10.4. The summed E-state index contributed by atoms with van der Waals surface area (Å²) in [6.07, 6.45) is 5.96. The van der Waals surface area contributed by atoms with Crippen molar-refractivity contribution in [2.24, 2.45) is 0 Å². The zero-order chi connectivity index (χ0) is 16.4. The van der Waals surface area contributed by atoms with Gasteiger partial charge < -0.3 is 15.5 Å². The molecule has 1 aromatic rings. The Morgan fingerprint density at radius 3 is 2.18 bits per heavy atom. The predicted molar refractivity (Wildman–Crippen MR) is 86.3 cm³/mol. The largest absolute Gasteiger partial charge is 0.506 e. The third-order valence-electron chi connectivity index (χ3n) is 3.28. The number of carboxylic acids is 1. The van der Waals surface area contributed by atoms with E-state index in [1.807, 2.05) is 0 Å². The molecule has 122 valence electrons. The molecule has 0 aliphatic rings. The Morgan fingerprint density at radius 2 is 1.59 bits per heavy atom. The smallest absolute Gasteiger partial charge is 0.303 e. The Balaban J connectivity index is 2.10. The second-order valence-electron chi connectivity index (χ2n) is 5.22. The first-order chi connectivity index (χ1) is 10.5. The van der Waals surface area contributed by atoms with Crippen LogP contribution in [0.3, 0.4) is 0 Å². The van der Waals surface area contributed by atoms with Gasteiger partial charge in [0.2, 0.25) is 5.91 Å². The van der Waals surface area contributed by atoms with Gasteiger partial charge in [-0.2, -0.15) is 0 Å². The number of phenols is 1. The number of carbonyl (C=O) groups excluding carboxylic acids is 1. The second kappa shape index (κ2) is 10.1. The molecule has 0 aromatic heterocycles. The van der Waals surface area contributed by atoms with E-state index in [1.54, 1.807) is 12.1 Å². The zero-order valence-corrected chi connectivity index (χ0v) is 13.2. The first-order valence-electron chi connectivity index (χ1n) is 7.49. The molecule has 5 nitrogen and oxygen atoms in total. The summed E-state index contributed by atoms with van der Waals surface area (Å²) in [4.78, 5) is 22.1. The predicted octanol–water partition coefficient (Wildman–Crippen LogP) is 4.19. The van der Waals surface area contributed by atoms with Gasteiger partial charge in [0.05, 0.1) is 5.69 Å². The van der Waals surface area contributed by atoms with E-state index in [0.717, 1.165) is 32.1 Å². The van der Waals surface area contributed by atoms with Crippen LogP contribution in [-0.4, -0.2) is 22.1 Å². The van der Waals surface area contributed by atoms with Crippen LogP contribution in [0.25, 0.3) is 0 Å². The zero-order valence-electron chi connectivity index (χ0n) is 12.5. The molecule has 1 amide bonds. The molecular formula is C16H22ClNO4. The molecule has 0 saturated carbocycles. The summed E-state index contributed by atoms with van der Waals surface area (Å²) >= 11 is 5.72. The minimum absolute atomic E-state index is 0.0423. The number of rotatable bonds is 10. The van der Waals surface area contributed by atoms with Crippen molar-refractivity contribution >= 4 is 29.2 Å². The van der Waals surface area contributed by atoms with Gasteiger partial charge >= 0.3 is 5.97 Å². The molecule has 1 aromatic carbocycles. The highest BCUT2D eigenvalue weighted by Gasteiger charge is 2.06. The van der Waals surface area contributed by atoms with Crippen molar-refractivity contribution in [3.05, 3.63) is 23.2 Å². The Labute approximate surface area is 135 Å². The number of amides is 1. The van der Waals surface area contributed by atoms with E-state index in [2.05, 4.69) is 5.32 Å². The van der Waals surface area contributed by atoms with Crippen LogP contribution >= 0.6 is 11.6 Å². The topological polar surface area (TPSA) is 86.6 Å². The maximum absolute atomic E-state index is 11.7. The fraction of sp³-hybridized carbons (Fsp3) is 0.500. The average Bonchev–Trinajstić information content (AvgIpc) is 2.44. The van der Waals surface area contributed by atoms with Crippen molar-refractivity contribution in [2.75, 3.05) is 5.32 Å². The number of unbranched alkanes of at least 4 members (excludes halogenated alkanes) is 5. The maximum atomic E-state index is 11.7. The Kier molecular flexibility index (Phi) is 8.36. The van der Waals surface area contributed by atoms with Gasteiger partial charge in [0.15, 0.2) is 0 Å². The number of phenolic OH excluding ortho intramolecular Hbond substituents is 1. The van der Waals surface area contributed by atoms with E-state index in [9.17, 15) is 14.7 Å². The highest BCUT2D eigenvalue weighted by molar-refractivity contribution is 6.30. The monoisotopic (exact) mass is 327 g/mol. The van der Waals surface area contributed by atoms with Crippen LogP contribution in [0.1, 0.15) is 51.4 Å². The molecule has 22 heavy (non-hydrogen) atoms. The summed E-state index contributed by atoms with van der Waals surface area (Å²) in [5.74, 6) is -0.926. The molecule has 0 atom stereocenters. The molecule has 1 rings (SSSR count). The van der Waals surface area contributed by atoms with Gasteiger partial charge in [-0.15, -0.1) is 0 Å². The number of aromatic hydroxyl groups is 1. The number of carboxylic acid groups (broad SMARTS) is 1. The van der Waals surface area contributed by atoms with Gasteiger partial charge in [0.25, 0.3) is 0 Å². The molecule has 3 N–H and O–H groups in total. The van der Waals surface area contributed by atoms with Crippen LogP contribution in [0.4, 0.5) is 5.69 Å². The Hall–Kier alpha value is -1.75. The van der Waals surface area contributed by atoms with E-state index >= 15 is 0 Å². The number of hydrogen-bond acceptors (Lipinski definition) is 3. The molecule has 0 spiro atoms. The van der Waals surface area contributed by atoms with Crippen molar-refractivity contribution in [3.63, 3.8) is 0 Å². The van der Waals surface area contributed by atoms with Gasteiger partial charge in [0.1, 0.15) is 5.75 Å². The van der Waals surface area contributed by atoms with E-state index in [-0.39, 0.29) is 18.1 Å². The number of carbonyl (C=O) groups is 2. The van der Waals surface area contributed by atoms with Crippen LogP contribution in [0.15, 0.2) is 18.2 Å². The molecule has 0 fully saturated rings. The van der Waals surface area contributed by atoms with Gasteiger partial charge in [-0.1, -0.05) is 37.3 Å². The standard InChI is InChI=1S/C16H22ClNO4/c17-12-9-10-13(14(19)11-12)18-15(20)7-5-3-1-2-4-6-8-16(21)22/h9-11,19H,1-8H2,(H,18,20)(H,21,22). The Morgan fingerprint density at radius 1 is 1.00 bits per heavy atom. The van der Waals surface area contributed by atoms with Gasteiger partial charge in [-0.25, -0.2) is 0 Å². The van der Waals surface area contributed by atoms with E-state index in [1.165, 1.54) is 6.07 Å². The minimum atomic E-state index is -0.748. The van der Waals surface area contributed by atoms with Crippen LogP contribution in [0, 0.1) is 0 Å². The lowest BCUT2D eigenvalue weighted by Crippen LogP contribution is -2.11. The third-order valence-corrected chi connectivity index (χ3v) is 3.51. The summed E-state index contributed by atoms with van der Waals surface area (Å²) < 4.78 is 0. The molecule has 0 bridgehead atoms. The minimum Gasteiger partial charge on any atom is -0.506 e. The summed E-state index contributed by atoms with van der Waals surface area (Å²) in [6, 6.07) is 4.56. The maximum Gasteiger partial charge on any atom is 0.303 e. The molecule has 0 aliphatic heterocycles. The third kappa shape index (κ3) is 7.88. The number of anilines is 1. The van der Waals surface area contributed by atoms with Crippen LogP contribution < -0.4 is 5.32 Å². The first kappa shape index (κ1) is 18.3. The number of hydrogen-bond donors (Lipinski definition) is 3. The van der Waals surface area contributed by atoms with Crippen molar-refractivity contribution in [2.45, 2.75) is 51.4 Å². The van der Waals surface area contributed by atoms with Gasteiger partial charge in [-0.05, 0) is 25.0 Å². The average molecular weight is 328 g/mol. The molecule has 0 unspecified atom stereocenters. The van der Waals surface area contributed by atoms with Crippen molar-refractivity contribution < 1.29 is 19.8 Å². The molecule has 0 heterocycles. The van der Waals surface area contributed by atoms with Crippen LogP contribution in [0.5, 0.6) is 5.75 Å². The number of aliphatic carboxylic acids is 1. The van der Waals surface area contributed by atoms with Crippen molar-refractivity contribution in [3.8, 4) is 5.75 Å². The Bertz CT molecular complexity index is 505. The SMILES string of the molecule is O=C(O)CCCCCCCCC(=O)Nc1ccc(Cl)cc1O. The first-order valence-corrected chi connectivity index (χ1v) is 7.87. The van der Waals surface area contributed by atoms with Crippen molar-refractivity contribution in [1.82, 2.24) is 0 Å². The summed E-state index contributed by atoms with van der Waals surface area (Å²) in [5, 5.41) is 21.2. The summed E-state index contributed by atoms with van der Waals surface area (Å²) in [5.41, 5.74) is 0.364. The molecule has 0 radical (unpaired) electrons. The summed E-state index contributed by atoms with van der Waals surface area (Å²) in [6.45, 7) is 0. The van der Waals surface area contributed by atoms with Crippen molar-refractivity contribution in [1.29, 1.82) is 0 Å². The van der Waals surface area contributed by atoms with Crippen LogP contribution in [-0.2, 0) is 9.59 Å². The van der Waals surface area contributed by atoms with Crippen LogP contribution in [0.2, 0.25) is 5.02 Å². The number of nitrogens with one attached hydrogen (secondary N) is 1. The molecule has 0 aliphatic carbocycles. The lowest BCUT2D eigenvalue weighted by atomic mass is 10.1. The molecule has 6 heteroatoms. The highest BCUT2D eigenvalue weighted by Crippen LogP contribution is 2.26.